The highest BCUT2D eigenvalue weighted by atomic mass is 16.2. The lowest BCUT2D eigenvalue weighted by Gasteiger charge is -2.30. The Hall–Kier alpha value is -2.21. The number of amides is 1. The first-order chi connectivity index (χ1) is 10.7. The van der Waals surface area contributed by atoms with E-state index in [1.54, 1.807) is 17.1 Å². The van der Waals surface area contributed by atoms with E-state index >= 15 is 0 Å². The molecule has 1 saturated heterocycles. The molecule has 0 aliphatic carbocycles. The van der Waals surface area contributed by atoms with Crippen LogP contribution in [0.25, 0.3) is 5.82 Å². The maximum absolute atomic E-state index is 12.8. The number of nitrogens with zero attached hydrogens (tertiary/aromatic N) is 4. The molecule has 0 spiro atoms. The van der Waals surface area contributed by atoms with Crippen molar-refractivity contribution >= 4 is 5.91 Å². The molecule has 0 aromatic carbocycles. The van der Waals surface area contributed by atoms with Crippen molar-refractivity contribution in [3.63, 3.8) is 0 Å². The second kappa shape index (κ2) is 6.27. The van der Waals surface area contributed by atoms with Crippen LogP contribution in [0, 0.1) is 0 Å². The number of hydrogen-bond donors (Lipinski definition) is 1. The summed E-state index contributed by atoms with van der Waals surface area (Å²) in [6.07, 6.45) is 6.04. The van der Waals surface area contributed by atoms with E-state index in [0.717, 1.165) is 37.3 Å². The fraction of sp³-hybridized carbons (Fsp3) is 0.438. The Morgan fingerprint density at radius 3 is 3.00 bits per heavy atom. The van der Waals surface area contributed by atoms with Gasteiger partial charge in [0.15, 0.2) is 5.82 Å². The monoisotopic (exact) mass is 299 g/mol. The number of carbonyl (C=O) groups excluding carboxylic acids is 1. The molecule has 2 N–H and O–H groups in total. The molecule has 1 aliphatic heterocycles. The molecule has 1 atom stereocenters. The number of rotatable bonds is 3. The van der Waals surface area contributed by atoms with Crippen LogP contribution in [0.4, 0.5) is 0 Å². The molecule has 6 nitrogen and oxygen atoms in total. The van der Waals surface area contributed by atoms with Crippen molar-refractivity contribution in [1.29, 1.82) is 0 Å². The van der Waals surface area contributed by atoms with Gasteiger partial charge < -0.3 is 10.6 Å². The van der Waals surface area contributed by atoms with Gasteiger partial charge in [-0.05, 0) is 31.4 Å². The molecule has 22 heavy (non-hydrogen) atoms. The molecule has 6 heteroatoms. The van der Waals surface area contributed by atoms with Crippen molar-refractivity contribution in [2.45, 2.75) is 32.2 Å². The maximum Gasteiger partial charge on any atom is 0.257 e. The molecule has 3 rings (SSSR count). The molecule has 0 radical (unpaired) electrons. The van der Waals surface area contributed by atoms with Crippen LogP contribution >= 0.6 is 0 Å². The van der Waals surface area contributed by atoms with E-state index in [1.807, 2.05) is 30.0 Å². The zero-order valence-electron chi connectivity index (χ0n) is 12.8. The lowest BCUT2D eigenvalue weighted by molar-refractivity contribution is 0.0707. The number of likely N-dealkylation sites (tertiary alicyclic amines) is 1. The van der Waals surface area contributed by atoms with E-state index in [2.05, 4.69) is 10.1 Å². The van der Waals surface area contributed by atoms with Crippen LogP contribution in [0.3, 0.4) is 0 Å². The van der Waals surface area contributed by atoms with Gasteiger partial charge in [-0.2, -0.15) is 5.10 Å². The molecule has 0 bridgehead atoms. The number of aromatic nitrogens is 3. The molecule has 2 aromatic heterocycles. The van der Waals surface area contributed by atoms with Crippen LogP contribution < -0.4 is 5.73 Å². The number of nitrogens with two attached hydrogens (primary N) is 1. The predicted octanol–water partition coefficient (Wildman–Crippen LogP) is 1.39. The zero-order valence-corrected chi connectivity index (χ0v) is 12.8. The van der Waals surface area contributed by atoms with Gasteiger partial charge in [-0.1, -0.05) is 13.0 Å². The third-order valence-electron chi connectivity index (χ3n) is 4.05. The zero-order chi connectivity index (χ0) is 15.5. The Labute approximate surface area is 129 Å². The summed E-state index contributed by atoms with van der Waals surface area (Å²) in [5, 5.41) is 4.37. The minimum absolute atomic E-state index is 0.0224. The third kappa shape index (κ3) is 2.74. The summed E-state index contributed by atoms with van der Waals surface area (Å²) in [4.78, 5) is 18.9. The molecule has 0 unspecified atom stereocenters. The van der Waals surface area contributed by atoms with Crippen molar-refractivity contribution in [3.05, 3.63) is 41.9 Å². The largest absolute Gasteiger partial charge is 0.337 e. The van der Waals surface area contributed by atoms with Crippen LogP contribution in [0.2, 0.25) is 0 Å². The second-order valence-electron chi connectivity index (χ2n) is 5.61. The van der Waals surface area contributed by atoms with Gasteiger partial charge in [0.1, 0.15) is 0 Å². The Morgan fingerprint density at radius 2 is 2.32 bits per heavy atom. The Bertz CT molecular complexity index is 652. The lowest BCUT2D eigenvalue weighted by Crippen LogP contribution is -2.45. The second-order valence-corrected chi connectivity index (χ2v) is 5.61. The van der Waals surface area contributed by atoms with E-state index < -0.39 is 0 Å². The molecular weight excluding hydrogens is 278 g/mol. The summed E-state index contributed by atoms with van der Waals surface area (Å²) >= 11 is 0. The Balaban J connectivity index is 1.91. The summed E-state index contributed by atoms with van der Waals surface area (Å²) in [6, 6.07) is 5.74. The topological polar surface area (TPSA) is 77.0 Å². The smallest absolute Gasteiger partial charge is 0.257 e. The first-order valence-electron chi connectivity index (χ1n) is 7.74. The Kier molecular flexibility index (Phi) is 4.20. The standard InChI is InChI=1S/C16H21N5O/c1-2-14-13(16(22)20-9-5-6-12(17)11-20)10-19-21(14)15-7-3-4-8-18-15/h3-4,7-8,10,12H,2,5-6,9,11,17H2,1H3/t12-/m1/s1. The molecule has 116 valence electrons. The highest BCUT2D eigenvalue weighted by Crippen LogP contribution is 2.18. The minimum Gasteiger partial charge on any atom is -0.337 e. The van der Waals surface area contributed by atoms with Crippen molar-refractivity contribution in [3.8, 4) is 5.82 Å². The summed E-state index contributed by atoms with van der Waals surface area (Å²) in [6.45, 7) is 3.41. The number of hydrogen-bond acceptors (Lipinski definition) is 4. The minimum atomic E-state index is 0.0224. The molecule has 0 saturated carbocycles. The predicted molar refractivity (Wildman–Crippen MR) is 83.8 cm³/mol. The van der Waals surface area contributed by atoms with Crippen molar-refractivity contribution in [2.24, 2.45) is 5.73 Å². The van der Waals surface area contributed by atoms with Gasteiger partial charge in [-0.25, -0.2) is 9.67 Å². The molecule has 3 heterocycles. The van der Waals surface area contributed by atoms with Crippen molar-refractivity contribution in [1.82, 2.24) is 19.7 Å². The molecule has 2 aromatic rings. The van der Waals surface area contributed by atoms with E-state index in [4.69, 9.17) is 5.73 Å². The lowest BCUT2D eigenvalue weighted by atomic mass is 10.1. The number of pyridine rings is 1. The first kappa shape index (κ1) is 14.7. The van der Waals surface area contributed by atoms with Crippen molar-refractivity contribution < 1.29 is 4.79 Å². The number of piperidine rings is 1. The van der Waals surface area contributed by atoms with Gasteiger partial charge in [-0.15, -0.1) is 0 Å². The fourth-order valence-corrected chi connectivity index (χ4v) is 2.93. The highest BCUT2D eigenvalue weighted by Gasteiger charge is 2.26. The van der Waals surface area contributed by atoms with Gasteiger partial charge in [0.05, 0.1) is 17.5 Å². The van der Waals surface area contributed by atoms with E-state index in [-0.39, 0.29) is 11.9 Å². The maximum atomic E-state index is 12.8. The van der Waals surface area contributed by atoms with E-state index in [9.17, 15) is 4.79 Å². The van der Waals surface area contributed by atoms with Crippen LogP contribution in [0.1, 0.15) is 35.8 Å². The van der Waals surface area contributed by atoms with Crippen LogP contribution in [0.5, 0.6) is 0 Å². The van der Waals surface area contributed by atoms with Gasteiger partial charge >= 0.3 is 0 Å². The summed E-state index contributed by atoms with van der Waals surface area (Å²) in [5.41, 5.74) is 7.53. The molecule has 1 aliphatic rings. The fourth-order valence-electron chi connectivity index (χ4n) is 2.93. The molecular formula is C16H21N5O. The quantitative estimate of drug-likeness (QED) is 0.929. The van der Waals surface area contributed by atoms with E-state index in [0.29, 0.717) is 12.1 Å². The average molecular weight is 299 g/mol. The third-order valence-corrected chi connectivity index (χ3v) is 4.05. The molecule has 1 amide bonds. The van der Waals surface area contributed by atoms with Crippen LogP contribution in [0.15, 0.2) is 30.6 Å². The first-order valence-corrected chi connectivity index (χ1v) is 7.74. The van der Waals surface area contributed by atoms with E-state index in [1.165, 1.54) is 0 Å². The van der Waals surface area contributed by atoms with Gasteiger partial charge in [0.2, 0.25) is 0 Å². The van der Waals surface area contributed by atoms with Gasteiger partial charge in [0, 0.05) is 25.3 Å². The van der Waals surface area contributed by atoms with Crippen LogP contribution in [-0.4, -0.2) is 44.7 Å². The molecule has 1 fully saturated rings. The summed E-state index contributed by atoms with van der Waals surface area (Å²) in [7, 11) is 0. The normalized spacial score (nSPS) is 18.5. The SMILES string of the molecule is CCc1c(C(=O)N2CCC[C@@H](N)C2)cnn1-c1ccccn1. The van der Waals surface area contributed by atoms with Gasteiger partial charge in [0.25, 0.3) is 5.91 Å². The summed E-state index contributed by atoms with van der Waals surface area (Å²) < 4.78 is 1.75. The average Bonchev–Trinajstić information content (AvgIpc) is 2.98. The van der Waals surface area contributed by atoms with Gasteiger partial charge in [-0.3, -0.25) is 4.79 Å². The van der Waals surface area contributed by atoms with Crippen LogP contribution in [-0.2, 0) is 6.42 Å². The van der Waals surface area contributed by atoms with Crippen molar-refractivity contribution in [2.75, 3.05) is 13.1 Å². The summed E-state index contributed by atoms with van der Waals surface area (Å²) in [5.74, 6) is 0.753. The highest BCUT2D eigenvalue weighted by molar-refractivity contribution is 5.95. The number of carbonyl (C=O) groups is 1. The Morgan fingerprint density at radius 1 is 1.45 bits per heavy atom.